The van der Waals surface area contributed by atoms with Gasteiger partial charge >= 0.3 is 5.97 Å². The maximum atomic E-state index is 13.6. The van der Waals surface area contributed by atoms with Crippen LogP contribution in [0.15, 0.2) is 54.6 Å². The normalized spacial score (nSPS) is 16.0. The third kappa shape index (κ3) is 8.05. The summed E-state index contributed by atoms with van der Waals surface area (Å²) in [6.07, 6.45) is 3.57. The van der Waals surface area contributed by atoms with Crippen LogP contribution in [0.5, 0.6) is 11.5 Å². The molecule has 0 aliphatic carbocycles. The minimum Gasteiger partial charge on any atom is -0.465 e. The molecule has 5 rings (SSSR count). The topological polar surface area (TPSA) is 148 Å². The van der Waals surface area contributed by atoms with Gasteiger partial charge in [-0.25, -0.2) is 4.79 Å². The number of likely N-dealkylation sites (N-methyl/N-ethyl adjacent to an activating group) is 1. The Hall–Kier alpha value is -4.23. The van der Waals surface area contributed by atoms with Gasteiger partial charge in [-0.1, -0.05) is 72.4 Å². The summed E-state index contributed by atoms with van der Waals surface area (Å²) < 4.78 is 81.0. The van der Waals surface area contributed by atoms with E-state index in [9.17, 15) is 30.7 Å². The molecule has 2 heterocycles. The Balaban J connectivity index is 1.99. The lowest BCUT2D eigenvalue weighted by atomic mass is 9.81. The Morgan fingerprint density at radius 1 is 0.904 bits per heavy atom. The summed E-state index contributed by atoms with van der Waals surface area (Å²) in [6, 6.07) is 12.6. The summed E-state index contributed by atoms with van der Waals surface area (Å²) in [5.41, 5.74) is 3.68. The number of rotatable bonds is 7. The third-order valence-corrected chi connectivity index (χ3v) is 10.7. The van der Waals surface area contributed by atoms with E-state index in [1.165, 1.54) is 7.11 Å². The molecule has 0 fully saturated rings. The Morgan fingerprint density at radius 2 is 1.56 bits per heavy atom. The number of nitrogens with zero attached hydrogens (tertiary/aromatic N) is 1. The zero-order chi connectivity index (χ0) is 38.9. The predicted octanol–water partition coefficient (Wildman–Crippen LogP) is 6.35. The highest BCUT2D eigenvalue weighted by Gasteiger charge is 2.35. The highest BCUT2D eigenvalue weighted by Crippen LogP contribution is 2.47. The maximum absolute atomic E-state index is 13.6. The number of hydrogen-bond acceptors (Lipinski definition) is 8. The van der Waals surface area contributed by atoms with Gasteiger partial charge in [0.25, 0.3) is 20.2 Å². The number of carbonyl (C=O) groups excluding carboxylic acids is 1. The molecule has 0 bridgehead atoms. The molecule has 52 heavy (non-hydrogen) atoms. The fraction of sp³-hybridized carbons (Fsp3) is 0.375. The van der Waals surface area contributed by atoms with Gasteiger partial charge in [-0.2, -0.15) is 16.8 Å². The van der Waals surface area contributed by atoms with Gasteiger partial charge in [-0.05, 0) is 82.0 Å². The molecule has 0 spiro atoms. The van der Waals surface area contributed by atoms with Crippen molar-refractivity contribution in [1.82, 2.24) is 0 Å². The average Bonchev–Trinajstić information content (AvgIpc) is 2.98. The Labute approximate surface area is 306 Å². The summed E-state index contributed by atoms with van der Waals surface area (Å²) >= 11 is 0. The number of hydrogen-bond donors (Lipinski definition) is 2. The molecule has 0 aromatic heterocycles. The van der Waals surface area contributed by atoms with E-state index in [0.717, 1.165) is 5.56 Å². The predicted molar refractivity (Wildman–Crippen MR) is 207 cm³/mol. The standard InChI is InChI=1S/C40H47NO9S2/c1-23-14-34-31(16-28(23)24(19-38(2,3)4)21-51(43,44)45)36(27-13-12-26(39(5,6)7)15-30(27)37(42)49-11)32-17-29-25(22-52(46,47)48)20-40(8,9)41(10)33(29)18-35(32)50-34/h12-20H,1,21-22H2,2-11H3,(H,43,44,45)(H,46,47,48)/b24-19-. The molecule has 0 unspecified atom stereocenters. The first-order valence-electron chi connectivity index (χ1n) is 16.7. The largest absolute Gasteiger partial charge is 0.465 e. The second-order valence-electron chi connectivity index (χ2n) is 16.2. The third-order valence-electron chi connectivity index (χ3n) is 9.35. The number of methoxy groups -OCH3 is 1. The van der Waals surface area contributed by atoms with Crippen LogP contribution in [0.4, 0.5) is 5.69 Å². The first kappa shape index (κ1) is 39.0. The van der Waals surface area contributed by atoms with Gasteiger partial charge in [0.15, 0.2) is 0 Å². The second-order valence-corrected chi connectivity index (χ2v) is 19.1. The fourth-order valence-electron chi connectivity index (χ4n) is 6.79. The average molecular weight is 750 g/mol. The van der Waals surface area contributed by atoms with Gasteiger partial charge in [-0.15, -0.1) is 0 Å². The fourth-order valence-corrected chi connectivity index (χ4v) is 8.05. The van der Waals surface area contributed by atoms with Crippen LogP contribution in [0.25, 0.3) is 23.3 Å². The van der Waals surface area contributed by atoms with Gasteiger partial charge in [0.05, 0.1) is 18.2 Å². The van der Waals surface area contributed by atoms with Crippen LogP contribution in [0.2, 0.25) is 0 Å². The van der Waals surface area contributed by atoms with Crippen LogP contribution < -0.4 is 20.1 Å². The van der Waals surface area contributed by atoms with Crippen molar-refractivity contribution in [3.05, 3.63) is 98.4 Å². The van der Waals surface area contributed by atoms with Crippen LogP contribution in [-0.2, 0) is 30.4 Å². The molecule has 12 heteroatoms. The van der Waals surface area contributed by atoms with Crippen LogP contribution in [0.3, 0.4) is 0 Å². The molecule has 0 radical (unpaired) electrons. The lowest BCUT2D eigenvalue weighted by molar-refractivity contribution is 0.0600. The molecule has 10 nitrogen and oxygen atoms in total. The Bertz CT molecular complexity index is 2410. The Kier molecular flexibility index (Phi) is 9.76. The lowest BCUT2D eigenvalue weighted by Crippen LogP contribution is -2.42. The number of fused-ring (bicyclic) bond motifs is 3. The van der Waals surface area contributed by atoms with Crippen molar-refractivity contribution in [3.8, 4) is 11.5 Å². The molecule has 2 aliphatic rings. The van der Waals surface area contributed by atoms with Gasteiger partial charge in [0.1, 0.15) is 23.0 Å². The number of anilines is 1. The van der Waals surface area contributed by atoms with E-state index in [0.29, 0.717) is 66.6 Å². The molecule has 3 aromatic carbocycles. The van der Waals surface area contributed by atoms with Crippen molar-refractivity contribution in [1.29, 1.82) is 0 Å². The number of ether oxygens (including phenoxy) is 2. The molecule has 3 aromatic rings. The second kappa shape index (κ2) is 13.0. The van der Waals surface area contributed by atoms with Gasteiger partial charge in [-0.3, -0.25) is 9.11 Å². The Morgan fingerprint density at radius 3 is 2.12 bits per heavy atom. The molecule has 278 valence electrons. The minimum atomic E-state index is -4.46. The van der Waals surface area contributed by atoms with Crippen molar-refractivity contribution < 1.29 is 40.2 Å². The zero-order valence-corrected chi connectivity index (χ0v) is 33.0. The van der Waals surface area contributed by atoms with Crippen molar-refractivity contribution in [3.63, 3.8) is 0 Å². The molecule has 0 saturated carbocycles. The van der Waals surface area contributed by atoms with Gasteiger partial charge in [0.2, 0.25) is 0 Å². The number of esters is 1. The zero-order valence-electron chi connectivity index (χ0n) is 31.3. The van der Waals surface area contributed by atoms with Crippen molar-refractivity contribution in [2.45, 2.75) is 66.3 Å². The highest BCUT2D eigenvalue weighted by atomic mass is 32.2. The summed E-state index contributed by atoms with van der Waals surface area (Å²) in [6.45, 7) is 19.9. The van der Waals surface area contributed by atoms with Crippen LogP contribution in [-0.4, -0.2) is 63.1 Å². The van der Waals surface area contributed by atoms with E-state index in [4.69, 9.17) is 9.47 Å². The van der Waals surface area contributed by atoms with Gasteiger partial charge in [0, 0.05) is 40.7 Å². The van der Waals surface area contributed by atoms with Crippen LogP contribution in [0.1, 0.15) is 93.6 Å². The summed E-state index contributed by atoms with van der Waals surface area (Å²) in [5.74, 6) is -1.06. The first-order chi connectivity index (χ1) is 23.7. The van der Waals surface area contributed by atoms with E-state index in [1.54, 1.807) is 36.4 Å². The van der Waals surface area contributed by atoms with E-state index in [1.807, 2.05) is 85.5 Å². The number of benzene rings is 3. The lowest BCUT2D eigenvalue weighted by Gasteiger charge is -2.41. The molecular weight excluding hydrogens is 703 g/mol. The summed E-state index contributed by atoms with van der Waals surface area (Å²) in [7, 11) is -5.70. The molecule has 0 atom stereocenters. The molecule has 0 saturated heterocycles. The molecule has 0 amide bonds. The monoisotopic (exact) mass is 749 g/mol. The van der Waals surface area contributed by atoms with Crippen molar-refractivity contribution in [2.75, 3.05) is 30.6 Å². The minimum absolute atomic E-state index is 0.275. The quantitative estimate of drug-likeness (QED) is 0.162. The summed E-state index contributed by atoms with van der Waals surface area (Å²) in [4.78, 5) is 15.6. The van der Waals surface area contributed by atoms with E-state index < -0.39 is 48.7 Å². The van der Waals surface area contributed by atoms with Crippen molar-refractivity contribution in [2.24, 2.45) is 5.41 Å². The highest BCUT2D eigenvalue weighted by molar-refractivity contribution is 7.86. The van der Waals surface area contributed by atoms with Crippen LogP contribution >= 0.6 is 0 Å². The van der Waals surface area contributed by atoms with E-state index in [2.05, 4.69) is 6.58 Å². The van der Waals surface area contributed by atoms with E-state index >= 15 is 0 Å². The molecular formula is C40H47NO9S2. The number of carbonyl (C=O) groups is 1. The van der Waals surface area contributed by atoms with E-state index in [-0.39, 0.29) is 11.0 Å². The molecule has 2 aliphatic heterocycles. The summed E-state index contributed by atoms with van der Waals surface area (Å²) in [5, 5.41) is 0.954. The number of allylic oxidation sites excluding steroid dienone is 1. The SMILES string of the molecule is C=c1cc2c(cc1/C(=C\C(C)(C)C)CS(=O)(=O)O)=C(c1ccc(C(C)(C)C)cc1C(=O)OC)c1cc3c(cc1O2)N(C)C(C)(C)C=C3CS(=O)(=O)O. The van der Waals surface area contributed by atoms with Crippen LogP contribution in [0, 0.1) is 5.41 Å². The van der Waals surface area contributed by atoms with Crippen molar-refractivity contribution >= 4 is 55.2 Å². The maximum Gasteiger partial charge on any atom is 0.338 e. The molecule has 2 N–H and O–H groups in total. The first-order valence-corrected chi connectivity index (χ1v) is 20.0. The smallest absolute Gasteiger partial charge is 0.338 e. The van der Waals surface area contributed by atoms with Gasteiger partial charge < -0.3 is 14.4 Å².